The molecule has 0 aromatic heterocycles. The molecule has 2 saturated heterocycles. The summed E-state index contributed by atoms with van der Waals surface area (Å²) in [6, 6.07) is 15.2. The molecule has 0 saturated carbocycles. The maximum atomic E-state index is 13.1. The maximum absolute atomic E-state index is 13.1. The van der Waals surface area contributed by atoms with E-state index in [2.05, 4.69) is 5.32 Å². The van der Waals surface area contributed by atoms with E-state index in [-0.39, 0.29) is 54.9 Å². The highest BCUT2D eigenvalue weighted by atomic mass is 35.5. The molecule has 198 valence electrons. The minimum Gasteiger partial charge on any atom is -0.312 e. The van der Waals surface area contributed by atoms with Gasteiger partial charge in [-0.25, -0.2) is 21.1 Å². The van der Waals surface area contributed by atoms with Gasteiger partial charge in [0, 0.05) is 37.1 Å². The van der Waals surface area contributed by atoms with Crippen molar-refractivity contribution in [3.05, 3.63) is 65.2 Å². The first-order chi connectivity index (χ1) is 17.6. The molecule has 37 heavy (non-hydrogen) atoms. The average Bonchev–Trinajstić information content (AvgIpc) is 3.20. The molecule has 2 fully saturated rings. The minimum atomic E-state index is -3.74. The Bertz CT molecular complexity index is 1420. The Hall–Kier alpha value is -2.31. The number of amides is 1. The van der Waals surface area contributed by atoms with E-state index in [1.54, 1.807) is 24.3 Å². The van der Waals surface area contributed by atoms with Crippen LogP contribution in [0.4, 0.5) is 0 Å². The normalized spacial score (nSPS) is 23.1. The van der Waals surface area contributed by atoms with E-state index < -0.39 is 25.6 Å². The number of amidine groups is 1. The molecule has 3 aliphatic heterocycles. The molecule has 0 bridgehead atoms. The van der Waals surface area contributed by atoms with Crippen LogP contribution >= 0.6 is 11.6 Å². The van der Waals surface area contributed by atoms with Crippen molar-refractivity contribution in [2.24, 2.45) is 10.9 Å². The molecule has 1 unspecified atom stereocenters. The summed E-state index contributed by atoms with van der Waals surface area (Å²) in [5.74, 6) is -0.0153. The Morgan fingerprint density at radius 1 is 0.973 bits per heavy atom. The number of nitrogens with one attached hydrogen (secondary N) is 1. The summed E-state index contributed by atoms with van der Waals surface area (Å²) in [5, 5.41) is 3.24. The van der Waals surface area contributed by atoms with Crippen LogP contribution in [0.25, 0.3) is 0 Å². The van der Waals surface area contributed by atoms with Gasteiger partial charge in [-0.05, 0) is 49.4 Å². The number of rotatable bonds is 6. The van der Waals surface area contributed by atoms with Gasteiger partial charge in [0.15, 0.2) is 0 Å². The molecule has 0 radical (unpaired) electrons. The Morgan fingerprint density at radius 3 is 2.41 bits per heavy atom. The first-order valence-electron chi connectivity index (χ1n) is 12.3. The van der Waals surface area contributed by atoms with Crippen molar-refractivity contribution in [1.82, 2.24) is 13.9 Å². The number of aliphatic imine (C=N–C) groups is 1. The lowest BCUT2D eigenvalue weighted by molar-refractivity contribution is -0.125. The summed E-state index contributed by atoms with van der Waals surface area (Å²) in [7, 11) is -7.25. The molecule has 3 aliphatic rings. The third-order valence-corrected chi connectivity index (χ3v) is 11.3. The van der Waals surface area contributed by atoms with Crippen LogP contribution in [0.1, 0.15) is 31.2 Å². The van der Waals surface area contributed by atoms with Gasteiger partial charge in [-0.1, -0.05) is 48.0 Å². The zero-order valence-electron chi connectivity index (χ0n) is 20.2. The smallest absolute Gasteiger partial charge is 0.253 e. The molecule has 1 spiro atoms. The number of carbonyl (C=O) groups is 1. The Morgan fingerprint density at radius 2 is 1.70 bits per heavy atom. The van der Waals surface area contributed by atoms with Gasteiger partial charge in [0.2, 0.25) is 20.0 Å². The third kappa shape index (κ3) is 5.33. The Kier molecular flexibility index (Phi) is 7.18. The highest BCUT2D eigenvalue weighted by Crippen LogP contribution is 2.35. The number of nitrogens with zero attached hydrogens (tertiary/aromatic N) is 3. The molecule has 9 nitrogen and oxygen atoms in total. The highest BCUT2D eigenvalue weighted by Gasteiger charge is 2.49. The van der Waals surface area contributed by atoms with Gasteiger partial charge in [-0.3, -0.25) is 9.79 Å². The summed E-state index contributed by atoms with van der Waals surface area (Å²) in [6.07, 6.45) is 1.91. The molecule has 3 heterocycles. The van der Waals surface area contributed by atoms with Crippen LogP contribution in [0.15, 0.2) is 64.5 Å². The molecule has 2 aromatic carbocycles. The van der Waals surface area contributed by atoms with Crippen molar-refractivity contribution in [3.8, 4) is 0 Å². The van der Waals surface area contributed by atoms with E-state index in [4.69, 9.17) is 16.6 Å². The van der Waals surface area contributed by atoms with Crippen molar-refractivity contribution in [2.75, 3.05) is 26.2 Å². The summed E-state index contributed by atoms with van der Waals surface area (Å²) >= 11 is 5.98. The lowest BCUT2D eigenvalue weighted by Gasteiger charge is -2.34. The quantitative estimate of drug-likeness (QED) is 0.579. The number of carbonyl (C=O) groups excluding carboxylic acids is 1. The van der Waals surface area contributed by atoms with Crippen LogP contribution in [0.3, 0.4) is 0 Å². The summed E-state index contributed by atoms with van der Waals surface area (Å²) in [5.41, 5.74) is -0.296. The summed E-state index contributed by atoms with van der Waals surface area (Å²) in [6.45, 7) is 1.01. The van der Waals surface area contributed by atoms with Crippen LogP contribution in [0.2, 0.25) is 5.02 Å². The van der Waals surface area contributed by atoms with Crippen molar-refractivity contribution in [3.63, 3.8) is 0 Å². The van der Waals surface area contributed by atoms with Crippen LogP contribution in [-0.2, 0) is 30.6 Å². The van der Waals surface area contributed by atoms with Crippen molar-refractivity contribution in [1.29, 1.82) is 0 Å². The second kappa shape index (κ2) is 10.1. The van der Waals surface area contributed by atoms with E-state index in [9.17, 15) is 21.6 Å². The van der Waals surface area contributed by atoms with Crippen molar-refractivity contribution >= 4 is 43.4 Å². The fourth-order valence-electron chi connectivity index (χ4n) is 5.24. The van der Waals surface area contributed by atoms with Gasteiger partial charge in [-0.15, -0.1) is 0 Å². The third-order valence-electron chi connectivity index (χ3n) is 7.34. The molecule has 1 N–H and O–H groups in total. The van der Waals surface area contributed by atoms with E-state index in [0.29, 0.717) is 23.8 Å². The number of piperidine rings is 2. The van der Waals surface area contributed by atoms with E-state index >= 15 is 0 Å². The van der Waals surface area contributed by atoms with Crippen LogP contribution in [0, 0.1) is 5.92 Å². The number of hydrogen-bond donors (Lipinski definition) is 1. The van der Waals surface area contributed by atoms with Gasteiger partial charge in [-0.2, -0.15) is 4.31 Å². The molecule has 5 rings (SSSR count). The Balaban J connectivity index is 1.27. The molecule has 0 aliphatic carbocycles. The van der Waals surface area contributed by atoms with Gasteiger partial charge in [0.05, 0.1) is 10.6 Å². The number of benzene rings is 2. The molecule has 2 aromatic rings. The molecule has 1 amide bonds. The summed E-state index contributed by atoms with van der Waals surface area (Å²) < 4.78 is 55.1. The Labute approximate surface area is 222 Å². The fraction of sp³-hybridized carbons (Fsp3) is 0.440. The van der Waals surface area contributed by atoms with Gasteiger partial charge in [0.1, 0.15) is 11.4 Å². The van der Waals surface area contributed by atoms with Crippen LogP contribution in [-0.4, -0.2) is 68.9 Å². The first kappa shape index (κ1) is 26.3. The zero-order valence-corrected chi connectivity index (χ0v) is 22.6. The first-order valence-corrected chi connectivity index (χ1v) is 15.7. The van der Waals surface area contributed by atoms with Crippen molar-refractivity contribution in [2.45, 2.75) is 41.9 Å². The number of hydrogen-bond acceptors (Lipinski definition) is 6. The predicted molar refractivity (Wildman–Crippen MR) is 141 cm³/mol. The van der Waals surface area contributed by atoms with Crippen molar-refractivity contribution < 1.29 is 21.6 Å². The van der Waals surface area contributed by atoms with E-state index in [1.165, 1.54) is 20.7 Å². The second-order valence-electron chi connectivity index (χ2n) is 9.78. The molecule has 12 heteroatoms. The largest absolute Gasteiger partial charge is 0.312 e. The predicted octanol–water partition coefficient (Wildman–Crippen LogP) is 2.63. The lowest BCUT2D eigenvalue weighted by Crippen LogP contribution is -2.50. The van der Waals surface area contributed by atoms with E-state index in [0.717, 1.165) is 12.0 Å². The standard InChI is InChI=1S/C25H29ClN4O5S2/c26-21-9-4-10-22(16-21)37(34,35)29-14-11-25(12-15-29)24(31)27-23(28-25)20-8-5-13-30(17-20)36(32,33)18-19-6-2-1-3-7-19/h1-4,6-7,9-10,16,20H,5,8,11-15,17-18H2,(H,27,28,31). The monoisotopic (exact) mass is 564 g/mol. The maximum Gasteiger partial charge on any atom is 0.253 e. The van der Waals surface area contributed by atoms with Gasteiger partial charge >= 0.3 is 0 Å². The lowest BCUT2D eigenvalue weighted by atomic mass is 9.89. The number of halogens is 1. The second-order valence-corrected chi connectivity index (χ2v) is 14.1. The van der Waals surface area contributed by atoms with Gasteiger partial charge < -0.3 is 5.32 Å². The molecule has 1 atom stereocenters. The van der Waals surface area contributed by atoms with Crippen LogP contribution < -0.4 is 5.32 Å². The number of sulfonamides is 2. The minimum absolute atomic E-state index is 0.0692. The fourth-order valence-corrected chi connectivity index (χ4v) is 8.60. The SMILES string of the molecule is O=C1NC(C2CCCN(S(=O)(=O)Cc3ccccc3)C2)=NC12CCN(S(=O)(=O)c1cccc(Cl)c1)CC2. The van der Waals surface area contributed by atoms with E-state index in [1.807, 2.05) is 18.2 Å². The highest BCUT2D eigenvalue weighted by molar-refractivity contribution is 7.89. The zero-order chi connectivity index (χ0) is 26.3. The average molecular weight is 565 g/mol. The summed E-state index contributed by atoms with van der Waals surface area (Å²) in [4.78, 5) is 18.0. The molecular weight excluding hydrogens is 536 g/mol. The molecular formula is C25H29ClN4O5S2. The van der Waals surface area contributed by atoms with Crippen LogP contribution in [0.5, 0.6) is 0 Å². The topological polar surface area (TPSA) is 116 Å². The van der Waals surface area contributed by atoms with Gasteiger partial charge in [0.25, 0.3) is 5.91 Å².